The Morgan fingerprint density at radius 3 is 2.59 bits per heavy atom. The van der Waals surface area contributed by atoms with Gasteiger partial charge in [-0.05, 0) is 38.5 Å². The van der Waals surface area contributed by atoms with Crippen molar-refractivity contribution in [3.05, 3.63) is 0 Å². The average molecular weight is 304 g/mol. The number of hydrogen-bond donors (Lipinski definition) is 1. The van der Waals surface area contributed by atoms with Gasteiger partial charge in [-0.1, -0.05) is 44.9 Å². The highest BCUT2D eigenvalue weighted by atomic mass is 16.6. The molecule has 0 spiro atoms. The van der Waals surface area contributed by atoms with Crippen molar-refractivity contribution >= 4 is 12.0 Å². The summed E-state index contributed by atoms with van der Waals surface area (Å²) in [5.74, 6) is 5.20. The van der Waals surface area contributed by atoms with E-state index in [1.807, 2.05) is 0 Å². The summed E-state index contributed by atoms with van der Waals surface area (Å²) in [5.41, 5.74) is 0. The van der Waals surface area contributed by atoms with Crippen LogP contribution in [0.2, 0.25) is 0 Å². The summed E-state index contributed by atoms with van der Waals surface area (Å²) < 4.78 is 5.36. The molecule has 0 amide bonds. The second-order valence-corrected chi connectivity index (χ2v) is 6.60. The third-order valence-electron chi connectivity index (χ3n) is 4.55. The number of carbonyl (C=O) groups excluding carboxylic acids is 1. The van der Waals surface area contributed by atoms with Crippen LogP contribution in [-0.2, 0) is 9.53 Å². The summed E-state index contributed by atoms with van der Waals surface area (Å²) in [6.45, 7) is 3.91. The Kier molecular flexibility index (Phi) is 6.76. The Balaban J connectivity index is 2.00. The maximum absolute atomic E-state index is 11.7. The standard InChI is InChI=1S/C18H28N2O2/c1-3-8-17(21)22-18(19-15-10-5-4-6-11-15)20-16-12-7-9-14(2)13-16/h14-16H,4-7,9-13H2,1-2H3,(H,19,20). The van der Waals surface area contributed by atoms with Gasteiger partial charge in [-0.3, -0.25) is 0 Å². The van der Waals surface area contributed by atoms with Crippen LogP contribution in [0, 0.1) is 17.8 Å². The van der Waals surface area contributed by atoms with Crippen molar-refractivity contribution in [3.63, 3.8) is 0 Å². The number of aliphatic imine (C=N–C) groups is 1. The van der Waals surface area contributed by atoms with E-state index >= 15 is 0 Å². The minimum atomic E-state index is -0.520. The second-order valence-electron chi connectivity index (χ2n) is 6.60. The zero-order valence-electron chi connectivity index (χ0n) is 13.9. The molecule has 0 aromatic rings. The molecule has 0 bridgehead atoms. The number of esters is 1. The zero-order valence-corrected chi connectivity index (χ0v) is 13.9. The van der Waals surface area contributed by atoms with Crippen LogP contribution >= 0.6 is 0 Å². The number of rotatable bonds is 2. The Morgan fingerprint density at radius 1 is 1.14 bits per heavy atom. The van der Waals surface area contributed by atoms with Gasteiger partial charge in [0.05, 0.1) is 6.04 Å². The number of hydrogen-bond acceptors (Lipinski definition) is 3. The molecule has 4 heteroatoms. The topological polar surface area (TPSA) is 50.7 Å². The van der Waals surface area contributed by atoms with Crippen molar-refractivity contribution in [1.29, 1.82) is 0 Å². The minimum Gasteiger partial charge on any atom is -0.383 e. The fourth-order valence-electron chi connectivity index (χ4n) is 3.42. The SMILES string of the molecule is CC#CC(=O)O/C(=N\C1CCCCC1)NC1CCCC(C)C1. The molecule has 2 atom stereocenters. The molecular formula is C18H28N2O2. The quantitative estimate of drug-likeness (QED) is 0.280. The van der Waals surface area contributed by atoms with Gasteiger partial charge in [-0.2, -0.15) is 0 Å². The summed E-state index contributed by atoms with van der Waals surface area (Å²) >= 11 is 0. The van der Waals surface area contributed by atoms with E-state index in [9.17, 15) is 4.79 Å². The number of ether oxygens (including phenoxy) is 1. The summed E-state index contributed by atoms with van der Waals surface area (Å²) in [7, 11) is 0. The Hall–Kier alpha value is -1.50. The van der Waals surface area contributed by atoms with Gasteiger partial charge in [0.2, 0.25) is 0 Å². The van der Waals surface area contributed by atoms with Gasteiger partial charge in [0.1, 0.15) is 0 Å². The number of amidine groups is 1. The molecule has 22 heavy (non-hydrogen) atoms. The summed E-state index contributed by atoms with van der Waals surface area (Å²) in [6.07, 6.45) is 10.6. The monoisotopic (exact) mass is 304 g/mol. The van der Waals surface area contributed by atoms with Gasteiger partial charge in [-0.25, -0.2) is 9.79 Å². The first kappa shape index (κ1) is 16.9. The van der Waals surface area contributed by atoms with E-state index < -0.39 is 5.97 Å². The van der Waals surface area contributed by atoms with Gasteiger partial charge in [-0.15, -0.1) is 0 Å². The van der Waals surface area contributed by atoms with Gasteiger partial charge in [0.25, 0.3) is 6.02 Å². The largest absolute Gasteiger partial charge is 0.392 e. The minimum absolute atomic E-state index is 0.277. The predicted octanol–water partition coefficient (Wildman–Crippen LogP) is 3.41. The first-order valence-corrected chi connectivity index (χ1v) is 8.66. The summed E-state index contributed by atoms with van der Waals surface area (Å²) in [4.78, 5) is 16.4. The molecule has 1 N–H and O–H groups in total. The van der Waals surface area contributed by atoms with Crippen LogP contribution in [0.4, 0.5) is 0 Å². The van der Waals surface area contributed by atoms with Crippen LogP contribution in [0.1, 0.15) is 71.6 Å². The highest BCUT2D eigenvalue weighted by Crippen LogP contribution is 2.24. The first-order chi connectivity index (χ1) is 10.7. The third kappa shape index (κ3) is 5.71. The van der Waals surface area contributed by atoms with Crippen molar-refractivity contribution in [1.82, 2.24) is 5.32 Å². The molecular weight excluding hydrogens is 276 g/mol. The molecule has 2 aliphatic carbocycles. The molecule has 2 saturated carbocycles. The second kappa shape index (κ2) is 8.82. The lowest BCUT2D eigenvalue weighted by molar-refractivity contribution is -0.129. The highest BCUT2D eigenvalue weighted by molar-refractivity contribution is 5.97. The summed E-state index contributed by atoms with van der Waals surface area (Å²) in [5, 5.41) is 3.36. The van der Waals surface area contributed by atoms with E-state index in [1.165, 1.54) is 32.1 Å². The predicted molar refractivity (Wildman–Crippen MR) is 88.4 cm³/mol. The average Bonchev–Trinajstić information content (AvgIpc) is 2.48. The fourth-order valence-corrected chi connectivity index (χ4v) is 3.42. The normalized spacial score (nSPS) is 26.7. The van der Waals surface area contributed by atoms with Gasteiger partial charge in [0.15, 0.2) is 0 Å². The molecule has 0 heterocycles. The fraction of sp³-hybridized carbons (Fsp3) is 0.778. The van der Waals surface area contributed by atoms with Gasteiger partial charge in [0, 0.05) is 12.0 Å². The number of nitrogens with one attached hydrogen (secondary N) is 1. The lowest BCUT2D eigenvalue weighted by Gasteiger charge is -2.28. The molecule has 2 fully saturated rings. The van der Waals surface area contributed by atoms with Crippen LogP contribution < -0.4 is 5.32 Å². The molecule has 0 aliphatic heterocycles. The first-order valence-electron chi connectivity index (χ1n) is 8.66. The van der Waals surface area contributed by atoms with Crippen LogP contribution in [-0.4, -0.2) is 24.1 Å². The molecule has 2 rings (SSSR count). The number of nitrogens with zero attached hydrogens (tertiary/aromatic N) is 1. The third-order valence-corrected chi connectivity index (χ3v) is 4.55. The lowest BCUT2D eigenvalue weighted by Crippen LogP contribution is -2.40. The van der Waals surface area contributed by atoms with E-state index in [0.717, 1.165) is 25.7 Å². The van der Waals surface area contributed by atoms with Crippen molar-refractivity contribution in [2.24, 2.45) is 10.9 Å². The smallest absolute Gasteiger partial charge is 0.383 e. The zero-order chi connectivity index (χ0) is 15.8. The van der Waals surface area contributed by atoms with E-state index in [-0.39, 0.29) is 6.04 Å². The summed E-state index contributed by atoms with van der Waals surface area (Å²) in [6, 6.07) is 1.02. The lowest BCUT2D eigenvalue weighted by atomic mass is 9.87. The molecule has 2 unspecified atom stereocenters. The van der Waals surface area contributed by atoms with Crippen LogP contribution in [0.15, 0.2) is 4.99 Å². The Bertz CT molecular complexity index is 455. The van der Waals surface area contributed by atoms with Crippen LogP contribution in [0.5, 0.6) is 0 Å². The van der Waals surface area contributed by atoms with Crippen LogP contribution in [0.25, 0.3) is 0 Å². The Labute approximate surface area is 134 Å². The maximum Gasteiger partial charge on any atom is 0.392 e. The van der Waals surface area contributed by atoms with E-state index in [1.54, 1.807) is 6.92 Å². The van der Waals surface area contributed by atoms with Crippen LogP contribution in [0.3, 0.4) is 0 Å². The van der Waals surface area contributed by atoms with E-state index in [2.05, 4.69) is 29.1 Å². The molecule has 2 aliphatic rings. The molecule has 0 saturated heterocycles. The van der Waals surface area contributed by atoms with E-state index in [4.69, 9.17) is 4.74 Å². The molecule has 122 valence electrons. The number of carbonyl (C=O) groups is 1. The highest BCUT2D eigenvalue weighted by Gasteiger charge is 2.22. The van der Waals surface area contributed by atoms with Crippen molar-refractivity contribution < 1.29 is 9.53 Å². The molecule has 0 radical (unpaired) electrons. The van der Waals surface area contributed by atoms with Gasteiger partial charge >= 0.3 is 5.97 Å². The molecule has 4 nitrogen and oxygen atoms in total. The molecule has 0 aromatic heterocycles. The maximum atomic E-state index is 11.7. The van der Waals surface area contributed by atoms with Crippen molar-refractivity contribution in [2.75, 3.05) is 0 Å². The Morgan fingerprint density at radius 2 is 1.91 bits per heavy atom. The van der Waals surface area contributed by atoms with Crippen molar-refractivity contribution in [2.45, 2.75) is 83.7 Å². The van der Waals surface area contributed by atoms with Crippen molar-refractivity contribution in [3.8, 4) is 11.8 Å². The van der Waals surface area contributed by atoms with E-state index in [0.29, 0.717) is 18.0 Å². The van der Waals surface area contributed by atoms with Gasteiger partial charge < -0.3 is 10.1 Å². The molecule has 0 aromatic carbocycles.